The van der Waals surface area contributed by atoms with Crippen molar-refractivity contribution in [2.24, 2.45) is 0 Å². The lowest BCUT2D eigenvalue weighted by Crippen LogP contribution is -2.30. The highest BCUT2D eigenvalue weighted by Gasteiger charge is 2.28. The Labute approximate surface area is 478 Å². The molecular formula is C66H119O11P. The first-order chi connectivity index (χ1) is 38.2. The van der Waals surface area contributed by atoms with Crippen LogP contribution in [0, 0.1) is 0 Å². The van der Waals surface area contributed by atoms with Crippen molar-refractivity contribution in [3.63, 3.8) is 0 Å². The molecule has 0 aliphatic heterocycles. The van der Waals surface area contributed by atoms with E-state index in [0.717, 1.165) is 122 Å². The van der Waals surface area contributed by atoms with Crippen LogP contribution in [0.2, 0.25) is 0 Å². The molecule has 2 N–H and O–H groups in total. The molecule has 11 nitrogen and oxygen atoms in total. The zero-order valence-electron chi connectivity index (χ0n) is 50.4. The van der Waals surface area contributed by atoms with E-state index in [0.29, 0.717) is 19.3 Å². The SMILES string of the molecule is CC/C=C\C/C=C\C/C=C\C/C=C\CCCCCCCCC(=O)OC(COC(=O)CCCCCCCCCCCCCCCCCCC)COP(=O)(O)OCC(CO)OC(=O)CCCCCCC/C=C\CCCCCCCC. The molecule has 0 saturated carbocycles. The third-order valence-corrected chi connectivity index (χ3v) is 14.9. The number of aliphatic hydroxyl groups excluding tert-OH is 1. The van der Waals surface area contributed by atoms with Crippen molar-refractivity contribution in [2.75, 3.05) is 26.4 Å². The average Bonchev–Trinajstić information content (AvgIpc) is 3.43. The molecule has 454 valence electrons. The predicted octanol–water partition coefficient (Wildman–Crippen LogP) is 19.5. The van der Waals surface area contributed by atoms with E-state index in [1.807, 2.05) is 0 Å². The van der Waals surface area contributed by atoms with Gasteiger partial charge in [0.15, 0.2) is 6.10 Å². The molecule has 3 unspecified atom stereocenters. The van der Waals surface area contributed by atoms with Gasteiger partial charge in [-0.15, -0.1) is 0 Å². The molecule has 12 heteroatoms. The van der Waals surface area contributed by atoms with Gasteiger partial charge in [0.25, 0.3) is 0 Å². The van der Waals surface area contributed by atoms with Gasteiger partial charge in [-0.05, 0) is 83.5 Å². The van der Waals surface area contributed by atoms with Gasteiger partial charge in [0.1, 0.15) is 12.7 Å². The first kappa shape index (κ1) is 75.2. The van der Waals surface area contributed by atoms with Crippen molar-refractivity contribution >= 4 is 25.7 Å². The fraction of sp³-hybridized carbons (Fsp3) is 0.803. The highest BCUT2D eigenvalue weighted by molar-refractivity contribution is 7.47. The minimum absolute atomic E-state index is 0.152. The summed E-state index contributed by atoms with van der Waals surface area (Å²) in [5.41, 5.74) is 0. The number of carbonyl (C=O) groups is 3. The first-order valence-corrected chi connectivity index (χ1v) is 33.7. The van der Waals surface area contributed by atoms with Crippen molar-refractivity contribution in [1.29, 1.82) is 0 Å². The third kappa shape index (κ3) is 57.9. The summed E-state index contributed by atoms with van der Waals surface area (Å²) >= 11 is 0. The number of hydrogen-bond acceptors (Lipinski definition) is 10. The van der Waals surface area contributed by atoms with Gasteiger partial charge in [-0.2, -0.15) is 0 Å². The number of hydrogen-bond donors (Lipinski definition) is 2. The number of ether oxygens (including phenoxy) is 3. The molecule has 0 saturated heterocycles. The van der Waals surface area contributed by atoms with E-state index in [1.165, 1.54) is 122 Å². The Morgan fingerprint density at radius 1 is 0.372 bits per heavy atom. The second-order valence-corrected chi connectivity index (χ2v) is 23.0. The van der Waals surface area contributed by atoms with Crippen LogP contribution in [-0.2, 0) is 42.2 Å². The van der Waals surface area contributed by atoms with Gasteiger partial charge in [0, 0.05) is 19.3 Å². The maximum absolute atomic E-state index is 13.0. The Bertz CT molecular complexity index is 1540. The number of unbranched alkanes of at least 4 members (excludes halogenated alkanes) is 33. The fourth-order valence-electron chi connectivity index (χ4n) is 9.05. The second kappa shape index (κ2) is 60.3. The summed E-state index contributed by atoms with van der Waals surface area (Å²) in [4.78, 5) is 48.7. The Morgan fingerprint density at radius 3 is 1.04 bits per heavy atom. The number of esters is 3. The minimum atomic E-state index is -4.76. The lowest BCUT2D eigenvalue weighted by atomic mass is 10.0. The lowest BCUT2D eigenvalue weighted by Gasteiger charge is -2.21. The van der Waals surface area contributed by atoms with Crippen molar-refractivity contribution in [1.82, 2.24) is 0 Å². The number of phosphoric ester groups is 1. The van der Waals surface area contributed by atoms with Crippen molar-refractivity contribution in [2.45, 2.75) is 315 Å². The smallest absolute Gasteiger partial charge is 0.462 e. The molecule has 0 aliphatic carbocycles. The summed E-state index contributed by atoms with van der Waals surface area (Å²) in [6, 6.07) is 0. The maximum Gasteiger partial charge on any atom is 0.472 e. The second-order valence-electron chi connectivity index (χ2n) is 21.6. The van der Waals surface area contributed by atoms with Crippen LogP contribution in [0.15, 0.2) is 60.8 Å². The van der Waals surface area contributed by atoms with Gasteiger partial charge in [0.2, 0.25) is 0 Å². The Morgan fingerprint density at radius 2 is 0.667 bits per heavy atom. The number of rotatable bonds is 60. The van der Waals surface area contributed by atoms with E-state index in [-0.39, 0.29) is 25.9 Å². The van der Waals surface area contributed by atoms with Crippen LogP contribution in [0.25, 0.3) is 0 Å². The minimum Gasteiger partial charge on any atom is -0.462 e. The normalized spacial score (nSPS) is 13.7. The number of allylic oxidation sites excluding steroid dienone is 10. The summed E-state index contributed by atoms with van der Waals surface area (Å²) in [7, 11) is -4.76. The average molecular weight is 1120 g/mol. The summed E-state index contributed by atoms with van der Waals surface area (Å²) in [5, 5.41) is 9.84. The van der Waals surface area contributed by atoms with Gasteiger partial charge < -0.3 is 24.2 Å². The molecule has 0 fully saturated rings. The predicted molar refractivity (Wildman–Crippen MR) is 325 cm³/mol. The molecule has 0 amide bonds. The molecule has 0 aromatic heterocycles. The molecule has 0 aromatic carbocycles. The van der Waals surface area contributed by atoms with Crippen LogP contribution in [-0.4, -0.2) is 66.5 Å². The highest BCUT2D eigenvalue weighted by Crippen LogP contribution is 2.43. The first-order valence-electron chi connectivity index (χ1n) is 32.2. The Hall–Kier alpha value is -2.82. The summed E-state index contributed by atoms with van der Waals surface area (Å²) in [6.45, 7) is 4.56. The molecule has 0 heterocycles. The van der Waals surface area contributed by atoms with Crippen LogP contribution >= 0.6 is 7.82 Å². The summed E-state index contributed by atoms with van der Waals surface area (Å²) in [5.74, 6) is -1.47. The van der Waals surface area contributed by atoms with Gasteiger partial charge in [0.05, 0.1) is 19.8 Å². The third-order valence-electron chi connectivity index (χ3n) is 13.9. The van der Waals surface area contributed by atoms with Crippen LogP contribution in [0.1, 0.15) is 303 Å². The van der Waals surface area contributed by atoms with E-state index >= 15 is 0 Å². The van der Waals surface area contributed by atoms with E-state index in [4.69, 9.17) is 23.3 Å². The van der Waals surface area contributed by atoms with Crippen LogP contribution in [0.3, 0.4) is 0 Å². The quantitative estimate of drug-likeness (QED) is 0.0197. The van der Waals surface area contributed by atoms with Crippen molar-refractivity contribution < 1.29 is 52.2 Å². The molecule has 0 aromatic rings. The molecule has 0 rings (SSSR count). The van der Waals surface area contributed by atoms with Gasteiger partial charge in [-0.3, -0.25) is 23.4 Å². The van der Waals surface area contributed by atoms with E-state index in [1.54, 1.807) is 0 Å². The lowest BCUT2D eigenvalue weighted by molar-refractivity contribution is -0.161. The molecule has 0 radical (unpaired) electrons. The van der Waals surface area contributed by atoms with Gasteiger partial charge in [-0.25, -0.2) is 4.57 Å². The Balaban J connectivity index is 4.72. The maximum atomic E-state index is 13.0. The van der Waals surface area contributed by atoms with Gasteiger partial charge in [-0.1, -0.05) is 261 Å². The zero-order valence-corrected chi connectivity index (χ0v) is 51.3. The Kier molecular flexibility index (Phi) is 58.1. The topological polar surface area (TPSA) is 155 Å². The standard InChI is InChI=1S/C66H119O11P/c1-4-7-10-13-16-19-22-25-28-30-31-33-36-39-42-45-48-51-54-57-66(70)77-63(59-73-64(68)55-52-49-46-43-40-37-35-32-29-26-23-20-17-14-11-8-5-2)61-75-78(71,72)74-60-62(58-67)76-65(69)56-53-50-47-44-41-38-34-27-24-21-18-15-12-9-6-3/h7,10,16,19,25,27-28,31,33-34,62-63,67H,4-6,8-9,11-15,17-18,20-24,26,29-30,32,35-61H2,1-3H3,(H,71,72)/b10-7-,19-16-,28-25-,33-31-,34-27-. The van der Waals surface area contributed by atoms with E-state index in [2.05, 4.69) is 81.5 Å². The van der Waals surface area contributed by atoms with Gasteiger partial charge >= 0.3 is 25.7 Å². The summed E-state index contributed by atoms with van der Waals surface area (Å²) < 4.78 is 39.7. The van der Waals surface area contributed by atoms with E-state index in [9.17, 15) is 28.9 Å². The van der Waals surface area contributed by atoms with Crippen LogP contribution in [0.5, 0.6) is 0 Å². The van der Waals surface area contributed by atoms with Crippen molar-refractivity contribution in [3.05, 3.63) is 60.8 Å². The monoisotopic (exact) mass is 1120 g/mol. The molecule has 78 heavy (non-hydrogen) atoms. The largest absolute Gasteiger partial charge is 0.472 e. The number of carbonyl (C=O) groups excluding carboxylic acids is 3. The van der Waals surface area contributed by atoms with Crippen LogP contribution in [0.4, 0.5) is 0 Å². The summed E-state index contributed by atoms with van der Waals surface area (Å²) in [6.07, 6.45) is 67.4. The molecule has 0 aliphatic rings. The van der Waals surface area contributed by atoms with Crippen LogP contribution < -0.4 is 0 Å². The highest BCUT2D eigenvalue weighted by atomic mass is 31.2. The zero-order chi connectivity index (χ0) is 56.9. The molecule has 0 spiro atoms. The number of phosphoric acid groups is 1. The van der Waals surface area contributed by atoms with Crippen molar-refractivity contribution in [3.8, 4) is 0 Å². The number of aliphatic hydroxyl groups is 1. The van der Waals surface area contributed by atoms with E-state index < -0.39 is 57.8 Å². The molecule has 3 atom stereocenters. The molecular weight excluding hydrogens is 1000 g/mol. The fourth-order valence-corrected chi connectivity index (χ4v) is 9.83. The molecule has 0 bridgehead atoms.